The standard InChI is InChI=1S/C14H18N2O2/c17-14-13-4-2-1-3-11(13)5-7-16(14)10-12-9-15-6-8-18-12/h1-4,12,15H,5-10H2. The van der Waals surface area contributed by atoms with Gasteiger partial charge in [-0.3, -0.25) is 4.79 Å². The first-order valence-corrected chi connectivity index (χ1v) is 6.54. The number of fused-ring (bicyclic) bond motifs is 1. The van der Waals surface area contributed by atoms with Crippen LogP contribution >= 0.6 is 0 Å². The molecule has 96 valence electrons. The number of ether oxygens (including phenoxy) is 1. The number of hydrogen-bond donors (Lipinski definition) is 1. The van der Waals surface area contributed by atoms with Gasteiger partial charge < -0.3 is 15.0 Å². The zero-order valence-corrected chi connectivity index (χ0v) is 10.4. The Balaban J connectivity index is 1.70. The van der Waals surface area contributed by atoms with E-state index in [1.807, 2.05) is 29.2 Å². The second-order valence-corrected chi connectivity index (χ2v) is 4.86. The number of amides is 1. The summed E-state index contributed by atoms with van der Waals surface area (Å²) in [6, 6.07) is 7.89. The normalized spacial score (nSPS) is 23.9. The Kier molecular flexibility index (Phi) is 3.30. The highest BCUT2D eigenvalue weighted by molar-refractivity contribution is 5.96. The van der Waals surface area contributed by atoms with E-state index in [0.717, 1.165) is 38.2 Å². The molecule has 1 atom stereocenters. The molecule has 18 heavy (non-hydrogen) atoms. The highest BCUT2D eigenvalue weighted by atomic mass is 16.5. The Morgan fingerprint density at radius 2 is 2.28 bits per heavy atom. The summed E-state index contributed by atoms with van der Waals surface area (Å²) in [5.74, 6) is 0.144. The van der Waals surface area contributed by atoms with E-state index in [2.05, 4.69) is 5.32 Å². The lowest BCUT2D eigenvalue weighted by atomic mass is 9.99. The van der Waals surface area contributed by atoms with Gasteiger partial charge in [-0.05, 0) is 18.1 Å². The maximum atomic E-state index is 12.3. The third kappa shape index (κ3) is 2.26. The second kappa shape index (κ2) is 5.08. The van der Waals surface area contributed by atoms with E-state index in [9.17, 15) is 4.79 Å². The number of nitrogens with zero attached hydrogens (tertiary/aromatic N) is 1. The first-order chi connectivity index (χ1) is 8.84. The molecule has 1 fully saturated rings. The predicted octanol–water partition coefficient (Wildman–Crippen LogP) is 0.673. The molecule has 0 spiro atoms. The van der Waals surface area contributed by atoms with Gasteiger partial charge in [0.2, 0.25) is 0 Å². The van der Waals surface area contributed by atoms with Crippen molar-refractivity contribution in [3.8, 4) is 0 Å². The Hall–Kier alpha value is -1.39. The van der Waals surface area contributed by atoms with Crippen molar-refractivity contribution in [2.75, 3.05) is 32.8 Å². The number of rotatable bonds is 2. The number of morpholine rings is 1. The van der Waals surface area contributed by atoms with E-state index in [-0.39, 0.29) is 12.0 Å². The maximum Gasteiger partial charge on any atom is 0.254 e. The lowest BCUT2D eigenvalue weighted by molar-refractivity contribution is 0.00570. The summed E-state index contributed by atoms with van der Waals surface area (Å²) in [7, 11) is 0. The van der Waals surface area contributed by atoms with Crippen molar-refractivity contribution in [3.05, 3.63) is 35.4 Å². The van der Waals surface area contributed by atoms with Gasteiger partial charge in [0.25, 0.3) is 5.91 Å². The first-order valence-electron chi connectivity index (χ1n) is 6.54. The van der Waals surface area contributed by atoms with Gasteiger partial charge in [0, 0.05) is 31.7 Å². The fourth-order valence-corrected chi connectivity index (χ4v) is 2.63. The Morgan fingerprint density at radius 3 is 3.11 bits per heavy atom. The van der Waals surface area contributed by atoms with Crippen LogP contribution in [0.25, 0.3) is 0 Å². The lowest BCUT2D eigenvalue weighted by Crippen LogP contribution is -2.48. The van der Waals surface area contributed by atoms with Gasteiger partial charge in [-0.15, -0.1) is 0 Å². The van der Waals surface area contributed by atoms with Gasteiger partial charge in [-0.2, -0.15) is 0 Å². The van der Waals surface area contributed by atoms with Crippen molar-refractivity contribution < 1.29 is 9.53 Å². The summed E-state index contributed by atoms with van der Waals surface area (Å²) in [4.78, 5) is 14.3. The van der Waals surface area contributed by atoms with Crippen LogP contribution in [0.3, 0.4) is 0 Å². The van der Waals surface area contributed by atoms with Crippen molar-refractivity contribution in [2.24, 2.45) is 0 Å². The van der Waals surface area contributed by atoms with Crippen molar-refractivity contribution in [1.29, 1.82) is 0 Å². The van der Waals surface area contributed by atoms with Crippen LogP contribution < -0.4 is 5.32 Å². The molecule has 2 aliphatic rings. The molecule has 0 aromatic heterocycles. The van der Waals surface area contributed by atoms with E-state index in [1.165, 1.54) is 5.56 Å². The Labute approximate surface area is 107 Å². The van der Waals surface area contributed by atoms with E-state index in [1.54, 1.807) is 0 Å². The highest BCUT2D eigenvalue weighted by Crippen LogP contribution is 2.19. The van der Waals surface area contributed by atoms with Crippen LogP contribution in [-0.2, 0) is 11.2 Å². The molecule has 1 N–H and O–H groups in total. The zero-order valence-electron chi connectivity index (χ0n) is 10.4. The van der Waals surface area contributed by atoms with Crippen LogP contribution in [0.4, 0.5) is 0 Å². The fourth-order valence-electron chi connectivity index (χ4n) is 2.63. The average Bonchev–Trinajstić information content (AvgIpc) is 2.43. The third-order valence-electron chi connectivity index (χ3n) is 3.61. The predicted molar refractivity (Wildman–Crippen MR) is 68.7 cm³/mol. The maximum absolute atomic E-state index is 12.3. The van der Waals surface area contributed by atoms with E-state index >= 15 is 0 Å². The van der Waals surface area contributed by atoms with Gasteiger partial charge in [-0.1, -0.05) is 18.2 Å². The molecule has 4 heteroatoms. The molecule has 2 heterocycles. The molecule has 0 aliphatic carbocycles. The Bertz CT molecular complexity index is 441. The summed E-state index contributed by atoms with van der Waals surface area (Å²) in [5.41, 5.74) is 2.02. The largest absolute Gasteiger partial charge is 0.374 e. The second-order valence-electron chi connectivity index (χ2n) is 4.86. The van der Waals surface area contributed by atoms with Crippen molar-refractivity contribution in [2.45, 2.75) is 12.5 Å². The third-order valence-corrected chi connectivity index (χ3v) is 3.61. The smallest absolute Gasteiger partial charge is 0.254 e. The van der Waals surface area contributed by atoms with Crippen molar-refractivity contribution >= 4 is 5.91 Å². The van der Waals surface area contributed by atoms with Gasteiger partial charge >= 0.3 is 0 Å². The molecule has 2 aliphatic heterocycles. The molecule has 3 rings (SSSR count). The minimum Gasteiger partial charge on any atom is -0.374 e. The summed E-state index contributed by atoms with van der Waals surface area (Å²) < 4.78 is 5.66. The minimum atomic E-state index is 0.132. The SMILES string of the molecule is O=C1c2ccccc2CCN1CC1CNCCO1. The van der Waals surface area contributed by atoms with Gasteiger partial charge in [-0.25, -0.2) is 0 Å². The molecule has 0 bridgehead atoms. The molecular weight excluding hydrogens is 228 g/mol. The zero-order chi connectivity index (χ0) is 12.4. The molecule has 4 nitrogen and oxygen atoms in total. The molecule has 1 saturated heterocycles. The van der Waals surface area contributed by atoms with Gasteiger partial charge in [0.05, 0.1) is 12.7 Å². The first kappa shape index (κ1) is 11.7. The number of carbonyl (C=O) groups excluding carboxylic acids is 1. The van der Waals surface area contributed by atoms with Crippen LogP contribution in [0.5, 0.6) is 0 Å². The summed E-state index contributed by atoms with van der Waals surface area (Å²) in [6.07, 6.45) is 1.08. The summed E-state index contributed by atoms with van der Waals surface area (Å²) in [6.45, 7) is 3.98. The van der Waals surface area contributed by atoms with Crippen molar-refractivity contribution in [3.63, 3.8) is 0 Å². The fraction of sp³-hybridized carbons (Fsp3) is 0.500. The van der Waals surface area contributed by atoms with E-state index < -0.39 is 0 Å². The molecular formula is C14H18N2O2. The molecule has 0 saturated carbocycles. The van der Waals surface area contributed by atoms with Crippen molar-refractivity contribution in [1.82, 2.24) is 10.2 Å². The summed E-state index contributed by atoms with van der Waals surface area (Å²) >= 11 is 0. The van der Waals surface area contributed by atoms with Crippen LogP contribution in [-0.4, -0.2) is 49.7 Å². The number of nitrogens with one attached hydrogen (secondary N) is 1. The molecule has 1 unspecified atom stereocenters. The van der Waals surface area contributed by atoms with Crippen LogP contribution in [0, 0.1) is 0 Å². The monoisotopic (exact) mass is 246 g/mol. The topological polar surface area (TPSA) is 41.6 Å². The van der Waals surface area contributed by atoms with Gasteiger partial charge in [0.15, 0.2) is 0 Å². The highest BCUT2D eigenvalue weighted by Gasteiger charge is 2.26. The number of hydrogen-bond acceptors (Lipinski definition) is 3. The quantitative estimate of drug-likeness (QED) is 0.834. The van der Waals surface area contributed by atoms with Gasteiger partial charge in [0.1, 0.15) is 0 Å². The average molecular weight is 246 g/mol. The molecule has 1 amide bonds. The lowest BCUT2D eigenvalue weighted by Gasteiger charge is -2.33. The minimum absolute atomic E-state index is 0.132. The van der Waals surface area contributed by atoms with E-state index in [0.29, 0.717) is 6.54 Å². The van der Waals surface area contributed by atoms with E-state index in [4.69, 9.17) is 4.74 Å². The molecule has 1 aromatic rings. The number of carbonyl (C=O) groups is 1. The Morgan fingerprint density at radius 1 is 1.39 bits per heavy atom. The van der Waals surface area contributed by atoms with Crippen LogP contribution in [0.1, 0.15) is 15.9 Å². The van der Waals surface area contributed by atoms with Crippen LogP contribution in [0.15, 0.2) is 24.3 Å². The molecule has 0 radical (unpaired) electrons. The summed E-state index contributed by atoms with van der Waals surface area (Å²) in [5, 5.41) is 3.30. The number of benzene rings is 1. The molecule has 1 aromatic carbocycles. The van der Waals surface area contributed by atoms with Crippen LogP contribution in [0.2, 0.25) is 0 Å².